The van der Waals surface area contributed by atoms with Gasteiger partial charge in [-0.25, -0.2) is 0 Å². The molecule has 0 aromatic carbocycles. The highest BCUT2D eigenvalue weighted by atomic mass is 32.1. The molecule has 0 spiro atoms. The Morgan fingerprint density at radius 2 is 2.00 bits per heavy atom. The van der Waals surface area contributed by atoms with Gasteiger partial charge in [-0.05, 0) is 59.2 Å². The van der Waals surface area contributed by atoms with Crippen LogP contribution in [0.2, 0.25) is 0 Å². The number of carbonyl (C=O) groups excluding carboxylic acids is 1. The van der Waals surface area contributed by atoms with Gasteiger partial charge < -0.3 is 4.74 Å². The normalized spacial score (nSPS) is 15.8. The van der Waals surface area contributed by atoms with E-state index < -0.39 is 11.6 Å². The fourth-order valence-corrected chi connectivity index (χ4v) is 4.78. The van der Waals surface area contributed by atoms with Crippen molar-refractivity contribution in [2.45, 2.75) is 59.6 Å². The third kappa shape index (κ3) is 3.67. The monoisotopic (exact) mass is 423 g/mol. The maximum absolute atomic E-state index is 12.7. The summed E-state index contributed by atoms with van der Waals surface area (Å²) in [5.41, 5.74) is 3.37. The highest BCUT2D eigenvalue weighted by Crippen LogP contribution is 2.39. The topological polar surface area (TPSA) is 82.3 Å². The Morgan fingerprint density at radius 3 is 2.67 bits per heavy atom. The number of nitrogens with zero attached hydrogens (tertiary/aromatic N) is 5. The van der Waals surface area contributed by atoms with Crippen LogP contribution in [0.25, 0.3) is 5.00 Å². The van der Waals surface area contributed by atoms with Crippen LogP contribution in [0.1, 0.15) is 66.5 Å². The van der Waals surface area contributed by atoms with Crippen LogP contribution < -0.4 is 0 Å². The Bertz CT molecular complexity index is 1140. The first-order valence-electron chi connectivity index (χ1n) is 9.88. The van der Waals surface area contributed by atoms with Gasteiger partial charge in [0, 0.05) is 28.4 Å². The van der Waals surface area contributed by atoms with Gasteiger partial charge in [0.1, 0.15) is 22.5 Å². The molecule has 1 aliphatic rings. The number of aliphatic imine (C=N–C) groups is 1. The standard InChI is InChI=1S/C22H25N5O2S/c1-12-13(2)30-21-18(12)19(15-8-7-9-23-11-15)24-16(10-17(28)29-22(4,5)6)20-26-25-14(3)27(20)21/h7-9,11,16H,10H2,1-6H3/t16-/m0/s1. The van der Waals surface area contributed by atoms with E-state index in [4.69, 9.17) is 9.73 Å². The molecule has 4 rings (SSSR count). The third-order valence-electron chi connectivity index (χ3n) is 4.95. The van der Waals surface area contributed by atoms with Gasteiger partial charge in [0.25, 0.3) is 0 Å². The van der Waals surface area contributed by atoms with Gasteiger partial charge in [0.05, 0.1) is 12.1 Å². The maximum Gasteiger partial charge on any atom is 0.308 e. The maximum atomic E-state index is 12.7. The van der Waals surface area contributed by atoms with Gasteiger partial charge in [-0.3, -0.25) is 19.3 Å². The molecule has 156 valence electrons. The lowest BCUT2D eigenvalue weighted by Gasteiger charge is -2.21. The lowest BCUT2D eigenvalue weighted by molar-refractivity contribution is -0.155. The quantitative estimate of drug-likeness (QED) is 0.588. The fourth-order valence-electron chi connectivity index (χ4n) is 3.57. The predicted octanol–water partition coefficient (Wildman–Crippen LogP) is 4.27. The Hall–Kier alpha value is -2.87. The van der Waals surface area contributed by atoms with Crippen LogP contribution in [0, 0.1) is 20.8 Å². The number of aryl methyl sites for hydroxylation is 2. The number of esters is 1. The molecule has 7 nitrogen and oxygen atoms in total. The molecule has 1 aliphatic heterocycles. The summed E-state index contributed by atoms with van der Waals surface area (Å²) in [6, 6.07) is 3.38. The van der Waals surface area contributed by atoms with Gasteiger partial charge in [-0.1, -0.05) is 0 Å². The molecule has 0 bridgehead atoms. The molecule has 1 atom stereocenters. The van der Waals surface area contributed by atoms with Gasteiger partial charge >= 0.3 is 5.97 Å². The number of fused-ring (bicyclic) bond motifs is 3. The summed E-state index contributed by atoms with van der Waals surface area (Å²) in [6.07, 6.45) is 3.63. The van der Waals surface area contributed by atoms with Crippen LogP contribution in [0.3, 0.4) is 0 Å². The molecule has 0 radical (unpaired) electrons. The summed E-state index contributed by atoms with van der Waals surface area (Å²) in [7, 11) is 0. The minimum Gasteiger partial charge on any atom is -0.460 e. The number of hydrogen-bond donors (Lipinski definition) is 0. The average molecular weight is 424 g/mol. The van der Waals surface area contributed by atoms with Gasteiger partial charge in [0.15, 0.2) is 5.82 Å². The molecule has 0 unspecified atom stereocenters. The Morgan fingerprint density at radius 1 is 1.23 bits per heavy atom. The zero-order valence-corrected chi connectivity index (χ0v) is 18.9. The van der Waals surface area contributed by atoms with Gasteiger partial charge in [-0.2, -0.15) is 0 Å². The molecule has 3 aromatic rings. The van der Waals surface area contributed by atoms with E-state index in [1.54, 1.807) is 23.7 Å². The molecule has 0 aliphatic carbocycles. The lowest BCUT2D eigenvalue weighted by Crippen LogP contribution is -2.25. The molecular weight excluding hydrogens is 398 g/mol. The SMILES string of the molecule is Cc1sc2c(c1C)C(c1cccnc1)=N[C@@H](CC(=O)OC(C)(C)C)c1nnc(C)n1-2. The Labute approximate surface area is 179 Å². The molecule has 0 saturated heterocycles. The van der Waals surface area contributed by atoms with E-state index in [1.807, 2.05) is 44.4 Å². The van der Waals surface area contributed by atoms with Crippen molar-refractivity contribution in [2.75, 3.05) is 0 Å². The first-order chi connectivity index (χ1) is 14.2. The van der Waals surface area contributed by atoms with Crippen molar-refractivity contribution < 1.29 is 9.53 Å². The summed E-state index contributed by atoms with van der Waals surface area (Å²) in [5.74, 6) is 1.11. The minimum absolute atomic E-state index is 0.0894. The van der Waals surface area contributed by atoms with Crippen molar-refractivity contribution in [3.8, 4) is 5.00 Å². The van der Waals surface area contributed by atoms with E-state index in [9.17, 15) is 4.79 Å². The van der Waals surface area contributed by atoms with Crippen LogP contribution >= 0.6 is 11.3 Å². The van der Waals surface area contributed by atoms with E-state index in [1.165, 1.54) is 4.88 Å². The summed E-state index contributed by atoms with van der Waals surface area (Å²) < 4.78 is 7.60. The van der Waals surface area contributed by atoms with E-state index >= 15 is 0 Å². The molecule has 0 amide bonds. The number of hydrogen-bond acceptors (Lipinski definition) is 7. The van der Waals surface area contributed by atoms with Crippen molar-refractivity contribution in [2.24, 2.45) is 4.99 Å². The highest BCUT2D eigenvalue weighted by molar-refractivity contribution is 7.15. The zero-order chi connectivity index (χ0) is 21.6. The van der Waals surface area contributed by atoms with Crippen molar-refractivity contribution in [3.63, 3.8) is 0 Å². The molecule has 30 heavy (non-hydrogen) atoms. The van der Waals surface area contributed by atoms with Crippen molar-refractivity contribution >= 4 is 23.0 Å². The molecule has 0 N–H and O–H groups in total. The summed E-state index contributed by atoms with van der Waals surface area (Å²) in [6.45, 7) is 11.7. The number of aromatic nitrogens is 4. The fraction of sp³-hybridized carbons (Fsp3) is 0.409. The van der Waals surface area contributed by atoms with Gasteiger partial charge in [-0.15, -0.1) is 21.5 Å². The van der Waals surface area contributed by atoms with Crippen molar-refractivity contribution in [1.29, 1.82) is 0 Å². The van der Waals surface area contributed by atoms with Crippen LogP contribution in [-0.2, 0) is 9.53 Å². The Balaban J connectivity index is 1.91. The second-order valence-corrected chi connectivity index (χ2v) is 9.63. The largest absolute Gasteiger partial charge is 0.460 e. The second kappa shape index (κ2) is 7.43. The summed E-state index contributed by atoms with van der Waals surface area (Å²) >= 11 is 1.69. The zero-order valence-electron chi connectivity index (χ0n) is 18.1. The first-order valence-corrected chi connectivity index (χ1v) is 10.7. The summed E-state index contributed by atoms with van der Waals surface area (Å²) in [4.78, 5) is 23.2. The number of ether oxygens (including phenoxy) is 1. The lowest BCUT2D eigenvalue weighted by atomic mass is 10.0. The Kier molecular flexibility index (Phi) is 5.05. The number of thiophene rings is 1. The molecular formula is C22H25N5O2S. The van der Waals surface area contributed by atoms with E-state index in [-0.39, 0.29) is 12.4 Å². The number of pyridine rings is 1. The van der Waals surface area contributed by atoms with Crippen LogP contribution in [-0.4, -0.2) is 37.0 Å². The molecule has 3 aromatic heterocycles. The first kappa shape index (κ1) is 20.4. The smallest absolute Gasteiger partial charge is 0.308 e. The number of rotatable bonds is 3. The summed E-state index contributed by atoms with van der Waals surface area (Å²) in [5, 5.41) is 9.72. The van der Waals surface area contributed by atoms with Gasteiger partial charge in [0.2, 0.25) is 0 Å². The molecule has 0 fully saturated rings. The average Bonchev–Trinajstić information content (AvgIpc) is 3.13. The second-order valence-electron chi connectivity index (χ2n) is 8.43. The van der Waals surface area contributed by atoms with E-state index in [0.29, 0.717) is 5.82 Å². The molecule has 0 saturated carbocycles. The molecule has 4 heterocycles. The predicted molar refractivity (Wildman–Crippen MR) is 117 cm³/mol. The van der Waals surface area contributed by atoms with Crippen LogP contribution in [0.5, 0.6) is 0 Å². The molecule has 8 heteroatoms. The van der Waals surface area contributed by atoms with Crippen molar-refractivity contribution in [1.82, 2.24) is 19.7 Å². The highest BCUT2D eigenvalue weighted by Gasteiger charge is 2.33. The van der Waals surface area contributed by atoms with E-state index in [2.05, 4.69) is 29.0 Å². The number of carbonyl (C=O) groups is 1. The minimum atomic E-state index is -0.562. The van der Waals surface area contributed by atoms with E-state index in [0.717, 1.165) is 33.2 Å². The van der Waals surface area contributed by atoms with Crippen LogP contribution in [0.4, 0.5) is 0 Å². The van der Waals surface area contributed by atoms with Crippen molar-refractivity contribution in [3.05, 3.63) is 57.7 Å². The third-order valence-corrected chi connectivity index (χ3v) is 6.15. The van der Waals surface area contributed by atoms with Crippen LogP contribution in [0.15, 0.2) is 29.5 Å².